The van der Waals surface area contributed by atoms with Gasteiger partial charge in [0.25, 0.3) is 0 Å². The summed E-state index contributed by atoms with van der Waals surface area (Å²) in [5.74, 6) is 0.945. The predicted molar refractivity (Wildman–Crippen MR) is 67.8 cm³/mol. The second kappa shape index (κ2) is 5.77. The second-order valence-corrected chi connectivity index (χ2v) is 5.07. The molecule has 4 nitrogen and oxygen atoms in total. The molecule has 0 saturated carbocycles. The van der Waals surface area contributed by atoms with Gasteiger partial charge in [-0.2, -0.15) is 0 Å². The Labute approximate surface area is 97.1 Å². The van der Waals surface area contributed by atoms with Gasteiger partial charge < -0.3 is 11.5 Å². The molecule has 0 unspecified atom stereocenters. The Kier molecular flexibility index (Phi) is 4.64. The molecule has 0 aromatic carbocycles. The maximum absolute atomic E-state index is 7.16. The van der Waals surface area contributed by atoms with Gasteiger partial charge in [-0.05, 0) is 23.4 Å². The van der Waals surface area contributed by atoms with E-state index in [4.69, 9.17) is 22.3 Å². The number of rotatable bonds is 5. The molecule has 6 heteroatoms. The number of hydrogen-bond donors (Lipinski definition) is 4. The van der Waals surface area contributed by atoms with Crippen LogP contribution in [0.5, 0.6) is 0 Å². The lowest BCUT2D eigenvalue weighted by Gasteiger charge is -2.02. The number of amidine groups is 2. The van der Waals surface area contributed by atoms with Crippen molar-refractivity contribution in [1.82, 2.24) is 0 Å². The van der Waals surface area contributed by atoms with Crippen molar-refractivity contribution in [3.63, 3.8) is 0 Å². The van der Waals surface area contributed by atoms with E-state index in [1.165, 1.54) is 22.2 Å². The van der Waals surface area contributed by atoms with Crippen LogP contribution in [0.15, 0.2) is 11.4 Å². The molecule has 0 fully saturated rings. The smallest absolute Gasteiger partial charge is 0.151 e. The van der Waals surface area contributed by atoms with Gasteiger partial charge in [-0.15, -0.1) is 11.3 Å². The van der Waals surface area contributed by atoms with E-state index in [1.54, 1.807) is 11.3 Å². The molecule has 15 heavy (non-hydrogen) atoms. The number of hydrogen-bond acceptors (Lipinski definition) is 4. The normalized spacial score (nSPS) is 10.1. The standard InChI is InChI=1S/C9H14N4S2/c10-8(11)2-1-7-6(3-4-14-7)5-15-9(12)13/h3-4H,1-2,5H2,(H3,10,11)(H3,12,13). The molecule has 6 N–H and O–H groups in total. The van der Waals surface area contributed by atoms with Gasteiger partial charge >= 0.3 is 0 Å². The second-order valence-electron chi connectivity index (χ2n) is 3.05. The third-order valence-corrected chi connectivity index (χ3v) is 3.63. The maximum atomic E-state index is 7.16. The summed E-state index contributed by atoms with van der Waals surface area (Å²) in [5.41, 5.74) is 11.8. The summed E-state index contributed by atoms with van der Waals surface area (Å²) in [4.78, 5) is 1.24. The fourth-order valence-corrected chi connectivity index (χ4v) is 2.70. The molecule has 0 aliphatic heterocycles. The summed E-state index contributed by atoms with van der Waals surface area (Å²) in [7, 11) is 0. The zero-order valence-corrected chi connectivity index (χ0v) is 9.88. The lowest BCUT2D eigenvalue weighted by Crippen LogP contribution is -2.10. The molecule has 1 heterocycles. The molecule has 1 aromatic rings. The molecule has 1 rings (SSSR count). The topological polar surface area (TPSA) is 99.7 Å². The molecule has 0 spiro atoms. The molecule has 0 radical (unpaired) electrons. The highest BCUT2D eigenvalue weighted by Crippen LogP contribution is 2.22. The van der Waals surface area contributed by atoms with Crippen molar-refractivity contribution in [2.45, 2.75) is 18.6 Å². The summed E-state index contributed by atoms with van der Waals surface area (Å²) in [6.45, 7) is 0. The van der Waals surface area contributed by atoms with E-state index in [0.29, 0.717) is 6.42 Å². The minimum absolute atomic E-state index is 0.138. The van der Waals surface area contributed by atoms with E-state index < -0.39 is 0 Å². The highest BCUT2D eigenvalue weighted by molar-refractivity contribution is 8.13. The number of aryl methyl sites for hydroxylation is 1. The summed E-state index contributed by atoms with van der Waals surface area (Å²) < 4.78 is 0. The van der Waals surface area contributed by atoms with Gasteiger partial charge in [-0.3, -0.25) is 10.8 Å². The van der Waals surface area contributed by atoms with Crippen LogP contribution >= 0.6 is 23.1 Å². The average Bonchev–Trinajstić information content (AvgIpc) is 2.58. The third-order valence-electron chi connectivity index (χ3n) is 1.84. The first-order valence-corrected chi connectivity index (χ1v) is 6.31. The Balaban J connectivity index is 2.53. The zero-order chi connectivity index (χ0) is 11.3. The first-order valence-electron chi connectivity index (χ1n) is 4.44. The first kappa shape index (κ1) is 12.1. The number of nitrogens with one attached hydrogen (secondary N) is 2. The molecular formula is C9H14N4S2. The minimum atomic E-state index is 0.138. The first-order chi connectivity index (χ1) is 7.09. The number of thioether (sulfide) groups is 1. The van der Waals surface area contributed by atoms with Gasteiger partial charge in [0.15, 0.2) is 5.17 Å². The SMILES string of the molecule is N=C(N)CCc1sccc1CSC(=N)N. The van der Waals surface area contributed by atoms with Gasteiger partial charge in [0.1, 0.15) is 0 Å². The van der Waals surface area contributed by atoms with E-state index in [2.05, 4.69) is 0 Å². The van der Waals surface area contributed by atoms with Crippen LogP contribution in [-0.2, 0) is 12.2 Å². The number of nitrogens with two attached hydrogens (primary N) is 2. The van der Waals surface area contributed by atoms with Crippen LogP contribution in [0.25, 0.3) is 0 Å². The van der Waals surface area contributed by atoms with Crippen LogP contribution in [0.2, 0.25) is 0 Å². The zero-order valence-electron chi connectivity index (χ0n) is 8.25. The van der Waals surface area contributed by atoms with Crippen LogP contribution in [0.1, 0.15) is 16.9 Å². The summed E-state index contributed by atoms with van der Waals surface area (Å²) in [5, 5.41) is 16.4. The van der Waals surface area contributed by atoms with Crippen LogP contribution in [0, 0.1) is 10.8 Å². The van der Waals surface area contributed by atoms with E-state index in [-0.39, 0.29) is 11.0 Å². The molecule has 1 aromatic heterocycles. The van der Waals surface area contributed by atoms with Crippen LogP contribution in [-0.4, -0.2) is 11.0 Å². The summed E-state index contributed by atoms with van der Waals surface area (Å²) in [6, 6.07) is 2.04. The molecule has 0 bridgehead atoms. The van der Waals surface area contributed by atoms with Gasteiger partial charge in [0.2, 0.25) is 0 Å². The van der Waals surface area contributed by atoms with Gasteiger partial charge in [0.05, 0.1) is 5.84 Å². The van der Waals surface area contributed by atoms with Crippen molar-refractivity contribution in [3.8, 4) is 0 Å². The largest absolute Gasteiger partial charge is 0.388 e. The van der Waals surface area contributed by atoms with Crippen LogP contribution < -0.4 is 11.5 Å². The third kappa shape index (κ3) is 4.35. The molecule has 0 aliphatic carbocycles. The van der Waals surface area contributed by atoms with Gasteiger partial charge in [-0.1, -0.05) is 11.8 Å². The van der Waals surface area contributed by atoms with Crippen molar-refractivity contribution in [1.29, 1.82) is 10.8 Å². The Morgan fingerprint density at radius 1 is 1.40 bits per heavy atom. The van der Waals surface area contributed by atoms with Crippen molar-refractivity contribution in [2.24, 2.45) is 11.5 Å². The van der Waals surface area contributed by atoms with Crippen molar-refractivity contribution in [2.75, 3.05) is 0 Å². The van der Waals surface area contributed by atoms with E-state index in [9.17, 15) is 0 Å². The van der Waals surface area contributed by atoms with E-state index in [1.807, 2.05) is 11.4 Å². The highest BCUT2D eigenvalue weighted by Gasteiger charge is 2.05. The van der Waals surface area contributed by atoms with Crippen molar-refractivity contribution >= 4 is 34.1 Å². The highest BCUT2D eigenvalue weighted by atomic mass is 32.2. The Hall–Kier alpha value is -1.01. The maximum Gasteiger partial charge on any atom is 0.151 e. The average molecular weight is 242 g/mol. The lowest BCUT2D eigenvalue weighted by atomic mass is 10.2. The molecule has 0 saturated heterocycles. The molecule has 0 atom stereocenters. The quantitative estimate of drug-likeness (QED) is 0.467. The lowest BCUT2D eigenvalue weighted by molar-refractivity contribution is 1.03. The van der Waals surface area contributed by atoms with E-state index in [0.717, 1.165) is 12.2 Å². The monoisotopic (exact) mass is 242 g/mol. The Morgan fingerprint density at radius 3 is 2.73 bits per heavy atom. The minimum Gasteiger partial charge on any atom is -0.388 e. The number of thiophene rings is 1. The fraction of sp³-hybridized carbons (Fsp3) is 0.333. The van der Waals surface area contributed by atoms with Crippen LogP contribution in [0.4, 0.5) is 0 Å². The summed E-state index contributed by atoms with van der Waals surface area (Å²) >= 11 is 2.99. The molecular weight excluding hydrogens is 228 g/mol. The van der Waals surface area contributed by atoms with Gasteiger partial charge in [0, 0.05) is 17.1 Å². The fourth-order valence-electron chi connectivity index (χ4n) is 1.12. The van der Waals surface area contributed by atoms with E-state index >= 15 is 0 Å². The molecule has 82 valence electrons. The molecule has 0 aliphatic rings. The Bertz CT molecular complexity index is 326. The summed E-state index contributed by atoms with van der Waals surface area (Å²) in [6.07, 6.45) is 1.40. The van der Waals surface area contributed by atoms with Gasteiger partial charge in [-0.25, -0.2) is 0 Å². The predicted octanol–water partition coefficient (Wildman–Crippen LogP) is 1.74. The Morgan fingerprint density at radius 2 is 2.13 bits per heavy atom. The van der Waals surface area contributed by atoms with Crippen molar-refractivity contribution in [3.05, 3.63) is 21.9 Å². The molecule has 0 amide bonds. The van der Waals surface area contributed by atoms with Crippen molar-refractivity contribution < 1.29 is 0 Å². The van der Waals surface area contributed by atoms with Crippen LogP contribution in [0.3, 0.4) is 0 Å².